The fourth-order valence-corrected chi connectivity index (χ4v) is 3.85. The molecule has 1 N–H and O–H groups in total. The van der Waals surface area contributed by atoms with Gasteiger partial charge in [-0.2, -0.15) is 0 Å². The Hall–Kier alpha value is -2.70. The van der Waals surface area contributed by atoms with E-state index in [1.165, 1.54) is 11.3 Å². The van der Waals surface area contributed by atoms with Gasteiger partial charge in [0.2, 0.25) is 0 Å². The molecular formula is C18H23N5O2. The second kappa shape index (κ2) is 6.31. The molecule has 2 aliphatic rings. The van der Waals surface area contributed by atoms with Gasteiger partial charge in [0.25, 0.3) is 5.88 Å². The van der Waals surface area contributed by atoms with E-state index in [-0.39, 0.29) is 6.03 Å². The topological polar surface area (TPSA) is 62.6 Å². The molecule has 1 fully saturated rings. The van der Waals surface area contributed by atoms with Gasteiger partial charge in [-0.05, 0) is 24.5 Å². The number of ether oxygens (including phenoxy) is 1. The summed E-state index contributed by atoms with van der Waals surface area (Å²) in [5.74, 6) is 0.431. The number of rotatable bonds is 2. The molecule has 0 radical (unpaired) electrons. The Morgan fingerprint density at radius 1 is 1.32 bits per heavy atom. The summed E-state index contributed by atoms with van der Waals surface area (Å²) in [6, 6.07) is 8.81. The number of para-hydroxylation sites is 1. The highest BCUT2D eigenvalue weighted by molar-refractivity contribution is 5.90. The van der Waals surface area contributed by atoms with Crippen LogP contribution in [-0.2, 0) is 13.5 Å². The highest BCUT2D eigenvalue weighted by Gasteiger charge is 2.33. The van der Waals surface area contributed by atoms with Crippen LogP contribution in [0, 0.1) is 0 Å². The maximum absolute atomic E-state index is 12.8. The second-order valence-electron chi connectivity index (χ2n) is 6.64. The molecule has 2 aromatic rings. The van der Waals surface area contributed by atoms with Gasteiger partial charge in [0.05, 0.1) is 19.3 Å². The van der Waals surface area contributed by atoms with Gasteiger partial charge in [-0.15, -0.1) is 5.10 Å². The molecule has 1 aromatic heterocycles. The van der Waals surface area contributed by atoms with Gasteiger partial charge in [-0.3, -0.25) is 4.68 Å². The standard InChI is InChI=1S/C18H23N5O2/c1-21-12-15(17(20-21)25-2)19-18(24)22-8-5-9-23-14(11-22)10-13-6-3-4-7-16(13)23/h3-4,6-7,12,14H,5,8-11H2,1-2H3,(H,19,24). The van der Waals surface area contributed by atoms with Crippen LogP contribution in [0.25, 0.3) is 0 Å². The van der Waals surface area contributed by atoms with E-state index >= 15 is 0 Å². The van der Waals surface area contributed by atoms with Crippen LogP contribution in [0.5, 0.6) is 5.88 Å². The van der Waals surface area contributed by atoms with E-state index in [1.807, 2.05) is 4.90 Å². The molecular weight excluding hydrogens is 318 g/mol. The minimum Gasteiger partial charge on any atom is -0.478 e. The molecule has 7 nitrogen and oxygen atoms in total. The van der Waals surface area contributed by atoms with Crippen molar-refractivity contribution >= 4 is 17.4 Å². The van der Waals surface area contributed by atoms with Crippen molar-refractivity contribution in [3.05, 3.63) is 36.0 Å². The number of aromatic nitrogens is 2. The molecule has 0 bridgehead atoms. The average Bonchev–Trinajstić information content (AvgIpc) is 3.06. The van der Waals surface area contributed by atoms with Crippen LogP contribution in [0.1, 0.15) is 12.0 Å². The first-order chi connectivity index (χ1) is 12.2. The van der Waals surface area contributed by atoms with E-state index in [4.69, 9.17) is 4.74 Å². The summed E-state index contributed by atoms with van der Waals surface area (Å²) in [5, 5.41) is 7.12. The third-order valence-electron chi connectivity index (χ3n) is 4.97. The number of urea groups is 1. The molecule has 25 heavy (non-hydrogen) atoms. The van der Waals surface area contributed by atoms with Crippen molar-refractivity contribution < 1.29 is 9.53 Å². The maximum Gasteiger partial charge on any atom is 0.322 e. The Morgan fingerprint density at radius 3 is 3.00 bits per heavy atom. The Morgan fingerprint density at radius 2 is 2.16 bits per heavy atom. The predicted octanol–water partition coefficient (Wildman–Crippen LogP) is 2.10. The molecule has 132 valence electrons. The molecule has 4 rings (SSSR count). The van der Waals surface area contributed by atoms with Crippen LogP contribution in [0.4, 0.5) is 16.2 Å². The molecule has 2 amide bonds. The number of fused-ring (bicyclic) bond motifs is 3. The Balaban J connectivity index is 1.48. The summed E-state index contributed by atoms with van der Waals surface area (Å²) in [6.45, 7) is 2.47. The number of hydrogen-bond donors (Lipinski definition) is 1. The molecule has 0 saturated carbocycles. The van der Waals surface area contributed by atoms with Gasteiger partial charge in [-0.25, -0.2) is 4.79 Å². The lowest BCUT2D eigenvalue weighted by Gasteiger charge is -2.27. The van der Waals surface area contributed by atoms with E-state index < -0.39 is 0 Å². The maximum atomic E-state index is 12.8. The van der Waals surface area contributed by atoms with Crippen molar-refractivity contribution in [1.29, 1.82) is 0 Å². The lowest BCUT2D eigenvalue weighted by molar-refractivity contribution is 0.211. The van der Waals surface area contributed by atoms with Gasteiger partial charge in [0.15, 0.2) is 0 Å². The van der Waals surface area contributed by atoms with E-state index in [0.717, 1.165) is 32.5 Å². The van der Waals surface area contributed by atoms with E-state index in [9.17, 15) is 4.79 Å². The molecule has 1 unspecified atom stereocenters. The normalized spacial score (nSPS) is 19.2. The Kier molecular flexibility index (Phi) is 3.99. The summed E-state index contributed by atoms with van der Waals surface area (Å²) in [6.07, 6.45) is 3.71. The number of anilines is 2. The number of nitrogens with one attached hydrogen (secondary N) is 1. The van der Waals surface area contributed by atoms with Crippen LogP contribution in [0.2, 0.25) is 0 Å². The van der Waals surface area contributed by atoms with Crippen molar-refractivity contribution in [3.8, 4) is 5.88 Å². The molecule has 0 spiro atoms. The van der Waals surface area contributed by atoms with E-state index in [1.54, 1.807) is 25.0 Å². The number of amides is 2. The summed E-state index contributed by atoms with van der Waals surface area (Å²) in [5.41, 5.74) is 3.30. The van der Waals surface area contributed by atoms with Crippen LogP contribution in [0.15, 0.2) is 30.5 Å². The molecule has 1 aromatic carbocycles. The largest absolute Gasteiger partial charge is 0.478 e. The Bertz CT molecular complexity index is 788. The van der Waals surface area contributed by atoms with Crippen LogP contribution >= 0.6 is 0 Å². The zero-order chi connectivity index (χ0) is 17.4. The third kappa shape index (κ3) is 2.90. The number of hydrogen-bond acceptors (Lipinski definition) is 4. The van der Waals surface area contributed by atoms with Crippen LogP contribution < -0.4 is 15.0 Å². The van der Waals surface area contributed by atoms with Gasteiger partial charge < -0.3 is 19.9 Å². The number of aryl methyl sites for hydroxylation is 1. The molecule has 1 atom stereocenters. The summed E-state index contributed by atoms with van der Waals surface area (Å²) < 4.78 is 6.85. The lowest BCUT2D eigenvalue weighted by Crippen LogP contribution is -2.43. The highest BCUT2D eigenvalue weighted by atomic mass is 16.5. The smallest absolute Gasteiger partial charge is 0.322 e. The molecule has 0 aliphatic carbocycles. The first-order valence-electron chi connectivity index (χ1n) is 8.64. The first-order valence-corrected chi connectivity index (χ1v) is 8.64. The second-order valence-corrected chi connectivity index (χ2v) is 6.64. The number of benzene rings is 1. The first kappa shape index (κ1) is 15.8. The van der Waals surface area contributed by atoms with Crippen molar-refractivity contribution in [2.45, 2.75) is 18.9 Å². The third-order valence-corrected chi connectivity index (χ3v) is 4.97. The lowest BCUT2D eigenvalue weighted by atomic mass is 10.1. The number of carbonyl (C=O) groups excluding carboxylic acids is 1. The van der Waals surface area contributed by atoms with Crippen molar-refractivity contribution in [1.82, 2.24) is 14.7 Å². The fourth-order valence-electron chi connectivity index (χ4n) is 3.85. The van der Waals surface area contributed by atoms with Crippen LogP contribution in [0.3, 0.4) is 0 Å². The van der Waals surface area contributed by atoms with Crippen molar-refractivity contribution in [2.75, 3.05) is 37.0 Å². The predicted molar refractivity (Wildman–Crippen MR) is 96.2 cm³/mol. The summed E-state index contributed by atoms with van der Waals surface area (Å²) in [4.78, 5) is 17.1. The Labute approximate surface area is 147 Å². The number of carbonyl (C=O) groups is 1. The molecule has 3 heterocycles. The minimum atomic E-state index is -0.0934. The SMILES string of the molecule is COc1nn(C)cc1NC(=O)N1CCCN2c3ccccc3CC2C1. The molecule has 7 heteroatoms. The average molecular weight is 341 g/mol. The van der Waals surface area contributed by atoms with Crippen molar-refractivity contribution in [2.24, 2.45) is 7.05 Å². The van der Waals surface area contributed by atoms with Gasteiger partial charge in [0, 0.05) is 32.4 Å². The summed E-state index contributed by atoms with van der Waals surface area (Å²) in [7, 11) is 3.36. The van der Waals surface area contributed by atoms with Crippen LogP contribution in [-0.4, -0.2) is 53.5 Å². The van der Waals surface area contributed by atoms with Crippen molar-refractivity contribution in [3.63, 3.8) is 0 Å². The van der Waals surface area contributed by atoms with Gasteiger partial charge in [-0.1, -0.05) is 18.2 Å². The monoisotopic (exact) mass is 341 g/mol. The number of nitrogens with zero attached hydrogens (tertiary/aromatic N) is 4. The number of methoxy groups -OCH3 is 1. The minimum absolute atomic E-state index is 0.0934. The fraction of sp³-hybridized carbons (Fsp3) is 0.444. The highest BCUT2D eigenvalue weighted by Crippen LogP contribution is 2.33. The molecule has 1 saturated heterocycles. The van der Waals surface area contributed by atoms with Gasteiger partial charge >= 0.3 is 6.03 Å². The molecule has 2 aliphatic heterocycles. The summed E-state index contributed by atoms with van der Waals surface area (Å²) >= 11 is 0. The quantitative estimate of drug-likeness (QED) is 0.909. The zero-order valence-corrected chi connectivity index (χ0v) is 14.6. The van der Waals surface area contributed by atoms with E-state index in [2.05, 4.69) is 39.6 Å². The zero-order valence-electron chi connectivity index (χ0n) is 14.6. The van der Waals surface area contributed by atoms with E-state index in [0.29, 0.717) is 17.6 Å². The van der Waals surface area contributed by atoms with Gasteiger partial charge in [0.1, 0.15) is 5.69 Å².